The SMILES string of the molecule is C/C=C(/C)OC(=O)N1CCC(COCc2cccc(CO)c2F)CC1. The molecule has 0 atom stereocenters. The second-order valence-corrected chi connectivity index (χ2v) is 6.26. The third kappa shape index (κ3) is 5.54. The average Bonchev–Trinajstić information content (AvgIpc) is 2.63. The van der Waals surface area contributed by atoms with Gasteiger partial charge in [0.25, 0.3) is 0 Å². The normalized spacial score (nSPS) is 16.2. The molecule has 6 heteroatoms. The number of carbonyl (C=O) groups is 1. The molecule has 138 valence electrons. The van der Waals surface area contributed by atoms with Gasteiger partial charge in [-0.3, -0.25) is 0 Å². The molecule has 1 saturated heterocycles. The van der Waals surface area contributed by atoms with Gasteiger partial charge in [-0.05, 0) is 38.7 Å². The molecule has 1 N–H and O–H groups in total. The van der Waals surface area contributed by atoms with Crippen molar-refractivity contribution in [3.63, 3.8) is 0 Å². The van der Waals surface area contributed by atoms with Crippen molar-refractivity contribution in [3.05, 3.63) is 47.0 Å². The molecule has 1 aromatic carbocycles. The van der Waals surface area contributed by atoms with Crippen LogP contribution in [-0.2, 0) is 22.7 Å². The third-order valence-electron chi connectivity index (χ3n) is 4.47. The first-order valence-corrected chi connectivity index (χ1v) is 8.59. The van der Waals surface area contributed by atoms with Crippen LogP contribution in [0.2, 0.25) is 0 Å². The minimum Gasteiger partial charge on any atom is -0.415 e. The summed E-state index contributed by atoms with van der Waals surface area (Å²) in [4.78, 5) is 13.6. The van der Waals surface area contributed by atoms with E-state index in [1.807, 2.05) is 6.92 Å². The van der Waals surface area contributed by atoms with Gasteiger partial charge in [0.05, 0.1) is 13.2 Å². The summed E-state index contributed by atoms with van der Waals surface area (Å²) < 4.78 is 24.9. The lowest BCUT2D eigenvalue weighted by Crippen LogP contribution is -2.39. The molecule has 0 unspecified atom stereocenters. The molecule has 0 aromatic heterocycles. The van der Waals surface area contributed by atoms with Gasteiger partial charge in [0.15, 0.2) is 0 Å². The van der Waals surface area contributed by atoms with E-state index in [4.69, 9.17) is 14.6 Å². The number of ether oxygens (including phenoxy) is 2. The van der Waals surface area contributed by atoms with Gasteiger partial charge >= 0.3 is 6.09 Å². The van der Waals surface area contributed by atoms with Crippen LogP contribution in [0, 0.1) is 11.7 Å². The van der Waals surface area contributed by atoms with Gasteiger partial charge < -0.3 is 19.5 Å². The summed E-state index contributed by atoms with van der Waals surface area (Å²) in [5.74, 6) is 0.542. The summed E-state index contributed by atoms with van der Waals surface area (Å²) in [6, 6.07) is 4.93. The number of piperidine rings is 1. The van der Waals surface area contributed by atoms with Gasteiger partial charge in [-0.1, -0.05) is 18.2 Å². The molecule has 0 radical (unpaired) electrons. The van der Waals surface area contributed by atoms with Crippen molar-refractivity contribution in [2.75, 3.05) is 19.7 Å². The van der Waals surface area contributed by atoms with Gasteiger partial charge in [-0.25, -0.2) is 9.18 Å². The Kier molecular flexibility index (Phi) is 7.40. The molecule has 1 amide bonds. The number of halogens is 1. The number of hydrogen-bond acceptors (Lipinski definition) is 4. The van der Waals surface area contributed by atoms with Crippen molar-refractivity contribution < 1.29 is 23.8 Å². The number of amides is 1. The fourth-order valence-corrected chi connectivity index (χ4v) is 2.75. The lowest BCUT2D eigenvalue weighted by Gasteiger charge is -2.31. The number of aliphatic hydroxyl groups is 1. The highest BCUT2D eigenvalue weighted by Crippen LogP contribution is 2.20. The molecule has 0 aliphatic carbocycles. The molecule has 25 heavy (non-hydrogen) atoms. The molecular formula is C19H26FNO4. The topological polar surface area (TPSA) is 59.0 Å². The van der Waals surface area contributed by atoms with Crippen molar-refractivity contribution in [2.45, 2.75) is 39.9 Å². The Bertz CT molecular complexity index is 609. The van der Waals surface area contributed by atoms with E-state index in [1.54, 1.807) is 36.1 Å². The highest BCUT2D eigenvalue weighted by atomic mass is 19.1. The van der Waals surface area contributed by atoms with E-state index >= 15 is 0 Å². The van der Waals surface area contributed by atoms with Crippen LogP contribution in [0.1, 0.15) is 37.8 Å². The van der Waals surface area contributed by atoms with Crippen LogP contribution in [0.15, 0.2) is 30.0 Å². The molecule has 1 aromatic rings. The Morgan fingerprint density at radius 2 is 2.04 bits per heavy atom. The molecular weight excluding hydrogens is 325 g/mol. The van der Waals surface area contributed by atoms with Gasteiger partial charge in [0.1, 0.15) is 11.6 Å². The number of allylic oxidation sites excluding steroid dienone is 2. The van der Waals surface area contributed by atoms with Crippen LogP contribution in [0.25, 0.3) is 0 Å². The van der Waals surface area contributed by atoms with E-state index in [9.17, 15) is 9.18 Å². The van der Waals surface area contributed by atoms with E-state index in [0.29, 0.717) is 36.9 Å². The summed E-state index contributed by atoms with van der Waals surface area (Å²) in [5.41, 5.74) is 0.735. The fourth-order valence-electron chi connectivity index (χ4n) is 2.75. The van der Waals surface area contributed by atoms with E-state index in [-0.39, 0.29) is 24.9 Å². The van der Waals surface area contributed by atoms with Crippen LogP contribution in [0.3, 0.4) is 0 Å². The minimum absolute atomic E-state index is 0.183. The number of nitrogens with zero attached hydrogens (tertiary/aromatic N) is 1. The summed E-state index contributed by atoms with van der Waals surface area (Å²) >= 11 is 0. The first kappa shape index (κ1) is 19.4. The predicted octanol–water partition coefficient (Wildman–Crippen LogP) is 3.61. The highest BCUT2D eigenvalue weighted by Gasteiger charge is 2.24. The zero-order valence-electron chi connectivity index (χ0n) is 14.8. The number of hydrogen-bond donors (Lipinski definition) is 1. The Hall–Kier alpha value is -1.92. The van der Waals surface area contributed by atoms with E-state index in [1.165, 1.54) is 0 Å². The van der Waals surface area contributed by atoms with Gasteiger partial charge in [-0.2, -0.15) is 0 Å². The highest BCUT2D eigenvalue weighted by molar-refractivity contribution is 5.68. The largest absolute Gasteiger partial charge is 0.415 e. The molecule has 1 aliphatic rings. The molecule has 1 aliphatic heterocycles. The Morgan fingerprint density at radius 1 is 1.36 bits per heavy atom. The lowest BCUT2D eigenvalue weighted by molar-refractivity contribution is 0.0532. The molecule has 1 fully saturated rings. The number of rotatable bonds is 6. The molecule has 0 bridgehead atoms. The van der Waals surface area contributed by atoms with Gasteiger partial charge in [0.2, 0.25) is 0 Å². The fraction of sp³-hybridized carbons (Fsp3) is 0.526. The number of carbonyl (C=O) groups excluding carboxylic acids is 1. The zero-order chi connectivity index (χ0) is 18.2. The number of benzene rings is 1. The molecule has 0 spiro atoms. The second-order valence-electron chi connectivity index (χ2n) is 6.26. The van der Waals surface area contributed by atoms with E-state index in [0.717, 1.165) is 12.8 Å². The third-order valence-corrected chi connectivity index (χ3v) is 4.47. The Balaban J connectivity index is 1.73. The smallest absolute Gasteiger partial charge is 0.414 e. The maximum Gasteiger partial charge on any atom is 0.414 e. The van der Waals surface area contributed by atoms with Crippen molar-refractivity contribution in [1.29, 1.82) is 0 Å². The first-order valence-electron chi connectivity index (χ1n) is 8.59. The van der Waals surface area contributed by atoms with Crippen LogP contribution in [0.5, 0.6) is 0 Å². The second kappa shape index (κ2) is 9.53. The van der Waals surface area contributed by atoms with Crippen LogP contribution < -0.4 is 0 Å². The van der Waals surface area contributed by atoms with Crippen molar-refractivity contribution >= 4 is 6.09 Å². The quantitative estimate of drug-likeness (QED) is 0.796. The van der Waals surface area contributed by atoms with Gasteiger partial charge in [-0.15, -0.1) is 0 Å². The molecule has 5 nitrogen and oxygen atoms in total. The standard InChI is InChI=1S/C19H26FNO4/c1-3-14(2)25-19(23)21-9-7-15(8-10-21)12-24-13-17-6-4-5-16(11-22)18(17)20/h3-6,15,22H,7-13H2,1-2H3/b14-3-. The number of likely N-dealkylation sites (tertiary alicyclic amines) is 1. The summed E-state index contributed by atoms with van der Waals surface area (Å²) in [7, 11) is 0. The average molecular weight is 351 g/mol. The monoisotopic (exact) mass is 351 g/mol. The number of aliphatic hydroxyl groups excluding tert-OH is 1. The van der Waals surface area contributed by atoms with Crippen LogP contribution in [-0.4, -0.2) is 35.8 Å². The molecule has 0 saturated carbocycles. The molecule has 2 rings (SSSR count). The minimum atomic E-state index is -0.401. The van der Waals surface area contributed by atoms with Crippen LogP contribution in [0.4, 0.5) is 9.18 Å². The van der Waals surface area contributed by atoms with Crippen molar-refractivity contribution in [1.82, 2.24) is 4.90 Å². The Morgan fingerprint density at radius 3 is 2.68 bits per heavy atom. The Labute approximate surface area is 148 Å². The van der Waals surface area contributed by atoms with Crippen LogP contribution >= 0.6 is 0 Å². The lowest BCUT2D eigenvalue weighted by atomic mass is 9.98. The van der Waals surface area contributed by atoms with Gasteiger partial charge in [0, 0.05) is 30.8 Å². The van der Waals surface area contributed by atoms with E-state index < -0.39 is 5.82 Å². The van der Waals surface area contributed by atoms with E-state index in [2.05, 4.69) is 0 Å². The predicted molar refractivity (Wildman–Crippen MR) is 92.2 cm³/mol. The summed E-state index contributed by atoms with van der Waals surface area (Å²) in [6.07, 6.45) is 3.12. The molecule has 1 heterocycles. The maximum absolute atomic E-state index is 14.0. The maximum atomic E-state index is 14.0. The summed E-state index contributed by atoms with van der Waals surface area (Å²) in [5, 5.41) is 9.09. The summed E-state index contributed by atoms with van der Waals surface area (Å²) in [6.45, 7) is 5.24. The van der Waals surface area contributed by atoms with Crippen molar-refractivity contribution in [3.8, 4) is 0 Å². The van der Waals surface area contributed by atoms with Crippen molar-refractivity contribution in [2.24, 2.45) is 5.92 Å². The zero-order valence-corrected chi connectivity index (χ0v) is 14.8. The first-order chi connectivity index (χ1) is 12.0.